The molecule has 0 bridgehead atoms. The third-order valence-corrected chi connectivity index (χ3v) is 4.59. The van der Waals surface area contributed by atoms with E-state index in [4.69, 9.17) is 32.7 Å². The SMILES string of the molecule is COc1ccccc1C(=O)Nc1cccc(OCC(=O)c2ccc(Cl)cc2Cl)c1. The molecule has 29 heavy (non-hydrogen) atoms. The van der Waals surface area contributed by atoms with Gasteiger partial charge in [-0.3, -0.25) is 9.59 Å². The average Bonchev–Trinajstić information content (AvgIpc) is 2.72. The van der Waals surface area contributed by atoms with Crippen molar-refractivity contribution >= 4 is 40.6 Å². The summed E-state index contributed by atoms with van der Waals surface area (Å²) in [5.41, 5.74) is 1.26. The van der Waals surface area contributed by atoms with Crippen LogP contribution in [-0.2, 0) is 0 Å². The number of nitrogens with one attached hydrogen (secondary N) is 1. The number of ether oxygens (including phenoxy) is 2. The molecule has 148 valence electrons. The summed E-state index contributed by atoms with van der Waals surface area (Å²) in [6, 6.07) is 18.3. The van der Waals surface area contributed by atoms with Crippen molar-refractivity contribution in [1.82, 2.24) is 0 Å². The van der Waals surface area contributed by atoms with Gasteiger partial charge in [-0.05, 0) is 42.5 Å². The summed E-state index contributed by atoms with van der Waals surface area (Å²) in [5, 5.41) is 3.51. The van der Waals surface area contributed by atoms with Gasteiger partial charge in [0.1, 0.15) is 11.5 Å². The fourth-order valence-electron chi connectivity index (χ4n) is 2.64. The number of para-hydroxylation sites is 1. The number of hydrogen-bond acceptors (Lipinski definition) is 4. The highest BCUT2D eigenvalue weighted by Crippen LogP contribution is 2.24. The Morgan fingerprint density at radius 2 is 1.72 bits per heavy atom. The third-order valence-electron chi connectivity index (χ3n) is 4.04. The number of carbonyl (C=O) groups excluding carboxylic acids is 2. The normalized spacial score (nSPS) is 10.3. The van der Waals surface area contributed by atoms with Crippen molar-refractivity contribution in [2.75, 3.05) is 19.0 Å². The zero-order valence-corrected chi connectivity index (χ0v) is 17.0. The minimum atomic E-state index is -0.316. The van der Waals surface area contributed by atoms with Crippen LogP contribution in [0.5, 0.6) is 11.5 Å². The number of halogens is 2. The summed E-state index contributed by atoms with van der Waals surface area (Å²) in [7, 11) is 1.50. The van der Waals surface area contributed by atoms with Crippen molar-refractivity contribution in [1.29, 1.82) is 0 Å². The number of carbonyl (C=O) groups is 2. The monoisotopic (exact) mass is 429 g/mol. The third kappa shape index (κ3) is 5.28. The van der Waals surface area contributed by atoms with E-state index in [1.54, 1.807) is 60.7 Å². The first-order valence-electron chi connectivity index (χ1n) is 8.63. The number of amides is 1. The summed E-state index contributed by atoms with van der Waals surface area (Å²) in [4.78, 5) is 24.8. The van der Waals surface area contributed by atoms with Crippen LogP contribution < -0.4 is 14.8 Å². The maximum atomic E-state index is 12.5. The highest BCUT2D eigenvalue weighted by Gasteiger charge is 2.14. The zero-order valence-electron chi connectivity index (χ0n) is 15.4. The Morgan fingerprint density at radius 3 is 2.48 bits per heavy atom. The van der Waals surface area contributed by atoms with E-state index in [-0.39, 0.29) is 23.3 Å². The molecule has 0 unspecified atom stereocenters. The van der Waals surface area contributed by atoms with Gasteiger partial charge in [0.25, 0.3) is 5.91 Å². The van der Waals surface area contributed by atoms with E-state index >= 15 is 0 Å². The van der Waals surface area contributed by atoms with Gasteiger partial charge in [0.15, 0.2) is 6.61 Å². The van der Waals surface area contributed by atoms with Crippen molar-refractivity contribution in [2.45, 2.75) is 0 Å². The van der Waals surface area contributed by atoms with E-state index in [0.717, 1.165) is 0 Å². The molecule has 3 aromatic rings. The minimum absolute atomic E-state index is 0.203. The second-order valence-electron chi connectivity index (χ2n) is 6.02. The van der Waals surface area contributed by atoms with E-state index in [1.807, 2.05) is 0 Å². The first kappa shape index (κ1) is 20.7. The van der Waals surface area contributed by atoms with Gasteiger partial charge in [0.05, 0.1) is 17.7 Å². The molecule has 0 aromatic heterocycles. The number of anilines is 1. The Hall–Kier alpha value is -3.02. The molecule has 7 heteroatoms. The fourth-order valence-corrected chi connectivity index (χ4v) is 3.15. The lowest BCUT2D eigenvalue weighted by Gasteiger charge is -2.11. The number of methoxy groups -OCH3 is 1. The lowest BCUT2D eigenvalue weighted by molar-refractivity contribution is 0.0921. The Balaban J connectivity index is 1.66. The Morgan fingerprint density at radius 1 is 0.931 bits per heavy atom. The van der Waals surface area contributed by atoms with E-state index in [0.29, 0.717) is 33.3 Å². The second-order valence-corrected chi connectivity index (χ2v) is 6.86. The fraction of sp³-hybridized carbons (Fsp3) is 0.0909. The number of rotatable bonds is 7. The van der Waals surface area contributed by atoms with Gasteiger partial charge in [-0.1, -0.05) is 41.4 Å². The lowest BCUT2D eigenvalue weighted by atomic mass is 10.1. The zero-order chi connectivity index (χ0) is 20.8. The molecule has 3 aromatic carbocycles. The van der Waals surface area contributed by atoms with E-state index in [1.165, 1.54) is 13.2 Å². The summed E-state index contributed by atoms with van der Waals surface area (Å²) in [6.07, 6.45) is 0. The molecule has 1 N–H and O–H groups in total. The molecule has 0 saturated carbocycles. The predicted molar refractivity (Wildman–Crippen MR) is 114 cm³/mol. The van der Waals surface area contributed by atoms with Crippen LogP contribution in [0.2, 0.25) is 10.0 Å². The van der Waals surface area contributed by atoms with Crippen LogP contribution in [0.25, 0.3) is 0 Å². The maximum absolute atomic E-state index is 12.5. The van der Waals surface area contributed by atoms with Gasteiger partial charge in [-0.2, -0.15) is 0 Å². The molecule has 3 rings (SSSR count). The van der Waals surface area contributed by atoms with Crippen molar-refractivity contribution in [2.24, 2.45) is 0 Å². The summed E-state index contributed by atoms with van der Waals surface area (Å²) in [5.74, 6) is 0.308. The first-order chi connectivity index (χ1) is 14.0. The molecule has 0 radical (unpaired) electrons. The molecule has 0 aliphatic carbocycles. The minimum Gasteiger partial charge on any atom is -0.496 e. The van der Waals surface area contributed by atoms with Crippen molar-refractivity contribution < 1.29 is 19.1 Å². The molecule has 0 fully saturated rings. The van der Waals surface area contributed by atoms with Crippen LogP contribution in [0.1, 0.15) is 20.7 Å². The second kappa shape index (κ2) is 9.45. The van der Waals surface area contributed by atoms with Gasteiger partial charge in [0, 0.05) is 22.3 Å². The van der Waals surface area contributed by atoms with Gasteiger partial charge in [-0.25, -0.2) is 0 Å². The van der Waals surface area contributed by atoms with Crippen LogP contribution in [-0.4, -0.2) is 25.4 Å². The molecule has 0 aliphatic heterocycles. The van der Waals surface area contributed by atoms with E-state index in [9.17, 15) is 9.59 Å². The van der Waals surface area contributed by atoms with E-state index < -0.39 is 0 Å². The summed E-state index contributed by atoms with van der Waals surface area (Å²) < 4.78 is 10.8. The largest absolute Gasteiger partial charge is 0.496 e. The highest BCUT2D eigenvalue weighted by molar-refractivity contribution is 6.36. The average molecular weight is 430 g/mol. The maximum Gasteiger partial charge on any atom is 0.259 e. The van der Waals surface area contributed by atoms with Gasteiger partial charge >= 0.3 is 0 Å². The lowest BCUT2D eigenvalue weighted by Crippen LogP contribution is -2.14. The molecular weight excluding hydrogens is 413 g/mol. The van der Waals surface area contributed by atoms with Crippen molar-refractivity contribution in [3.05, 3.63) is 87.9 Å². The summed E-state index contributed by atoms with van der Waals surface area (Å²) >= 11 is 11.9. The molecule has 0 saturated heterocycles. The van der Waals surface area contributed by atoms with Crippen LogP contribution in [0.3, 0.4) is 0 Å². The standard InChI is InChI=1S/C22H17Cl2NO4/c1-28-21-8-3-2-7-18(21)22(27)25-15-5-4-6-16(12-15)29-13-20(26)17-10-9-14(23)11-19(17)24/h2-12H,13H2,1H3,(H,25,27). The Bertz CT molecular complexity index is 1050. The molecule has 5 nitrogen and oxygen atoms in total. The van der Waals surface area contributed by atoms with Crippen LogP contribution in [0.15, 0.2) is 66.7 Å². The van der Waals surface area contributed by atoms with Crippen molar-refractivity contribution in [3.8, 4) is 11.5 Å². The molecule has 0 heterocycles. The van der Waals surface area contributed by atoms with Crippen LogP contribution >= 0.6 is 23.2 Å². The van der Waals surface area contributed by atoms with Crippen LogP contribution in [0, 0.1) is 0 Å². The quantitative estimate of drug-likeness (QED) is 0.502. The topological polar surface area (TPSA) is 64.6 Å². The number of Topliss-reactive ketones (excluding diaryl/α,β-unsaturated/α-hetero) is 1. The summed E-state index contributed by atoms with van der Waals surface area (Å²) in [6.45, 7) is -0.203. The van der Waals surface area contributed by atoms with Crippen molar-refractivity contribution in [3.63, 3.8) is 0 Å². The number of ketones is 1. The predicted octanol–water partition coefficient (Wildman–Crippen LogP) is 5.52. The number of hydrogen-bond donors (Lipinski definition) is 1. The number of benzene rings is 3. The first-order valence-corrected chi connectivity index (χ1v) is 9.39. The smallest absolute Gasteiger partial charge is 0.259 e. The molecule has 0 spiro atoms. The molecule has 1 amide bonds. The Labute approximate surface area is 178 Å². The molecule has 0 atom stereocenters. The van der Waals surface area contributed by atoms with Crippen LogP contribution in [0.4, 0.5) is 5.69 Å². The molecule has 0 aliphatic rings. The Kier molecular flexibility index (Phi) is 6.75. The van der Waals surface area contributed by atoms with E-state index in [2.05, 4.69) is 5.32 Å². The van der Waals surface area contributed by atoms with Gasteiger partial charge in [0.2, 0.25) is 5.78 Å². The molecular formula is C22H17Cl2NO4. The highest BCUT2D eigenvalue weighted by atomic mass is 35.5. The van der Waals surface area contributed by atoms with Gasteiger partial charge < -0.3 is 14.8 Å². The van der Waals surface area contributed by atoms with Gasteiger partial charge in [-0.15, -0.1) is 0 Å².